The summed E-state index contributed by atoms with van der Waals surface area (Å²) in [4.78, 5) is 29.0. The van der Waals surface area contributed by atoms with E-state index in [0.717, 1.165) is 16.8 Å². The van der Waals surface area contributed by atoms with Gasteiger partial charge in [0.05, 0.1) is 11.3 Å². The zero-order valence-electron chi connectivity index (χ0n) is 14.1. The van der Waals surface area contributed by atoms with Gasteiger partial charge in [-0.1, -0.05) is 30.3 Å². The maximum Gasteiger partial charge on any atom is 0.339 e. The van der Waals surface area contributed by atoms with E-state index in [9.17, 15) is 9.59 Å². The minimum Gasteiger partial charge on any atom is -0.454 e. The number of nitrogens with zero attached hydrogens (tertiary/aromatic N) is 1. The number of carbonyl (C=O) groups is 2. The van der Waals surface area contributed by atoms with Crippen molar-refractivity contribution in [3.63, 3.8) is 0 Å². The van der Waals surface area contributed by atoms with Gasteiger partial charge in [0.2, 0.25) is 0 Å². The number of carbonyl (C=O) groups excluding carboxylic acids is 2. The highest BCUT2D eigenvalue weighted by atomic mass is 32.1. The van der Waals surface area contributed by atoms with Crippen molar-refractivity contribution in [2.24, 2.45) is 0 Å². The van der Waals surface area contributed by atoms with Gasteiger partial charge in [-0.3, -0.25) is 10.1 Å². The lowest BCUT2D eigenvalue weighted by Gasteiger charge is -2.25. The number of cyclic esters (lactones) is 1. The van der Waals surface area contributed by atoms with E-state index in [0.29, 0.717) is 22.7 Å². The molecule has 0 radical (unpaired) electrons. The molecule has 0 saturated carbocycles. The van der Waals surface area contributed by atoms with E-state index in [1.165, 1.54) is 11.3 Å². The van der Waals surface area contributed by atoms with Crippen molar-refractivity contribution in [3.05, 3.63) is 81.9 Å². The number of amides is 1. The molecule has 1 aromatic heterocycles. The second-order valence-electron chi connectivity index (χ2n) is 6.13. The first kappa shape index (κ1) is 16.5. The molecular formula is C20H16N2O3S. The molecule has 130 valence electrons. The molecule has 5 nitrogen and oxygen atoms in total. The van der Waals surface area contributed by atoms with E-state index in [2.05, 4.69) is 10.3 Å². The maximum absolute atomic E-state index is 12.5. The highest BCUT2D eigenvalue weighted by Crippen LogP contribution is 2.31. The number of anilines is 1. The van der Waals surface area contributed by atoms with Crippen LogP contribution in [0.15, 0.2) is 53.9 Å². The lowest BCUT2D eigenvalue weighted by Crippen LogP contribution is -2.23. The molecule has 26 heavy (non-hydrogen) atoms. The summed E-state index contributed by atoms with van der Waals surface area (Å²) in [5, 5.41) is 5.23. The Hall–Kier alpha value is -2.99. The lowest BCUT2D eigenvalue weighted by molar-refractivity contribution is 0.0252. The zero-order valence-corrected chi connectivity index (χ0v) is 14.9. The quantitative estimate of drug-likeness (QED) is 0.709. The third-order valence-electron chi connectivity index (χ3n) is 4.25. The van der Waals surface area contributed by atoms with E-state index in [-0.39, 0.29) is 18.0 Å². The molecule has 4 rings (SSSR count). The van der Waals surface area contributed by atoms with Crippen molar-refractivity contribution >= 4 is 28.3 Å². The fourth-order valence-corrected chi connectivity index (χ4v) is 3.65. The normalized spacial score (nSPS) is 15.9. The molecule has 0 saturated heterocycles. The molecule has 3 aromatic rings. The first-order valence-corrected chi connectivity index (χ1v) is 9.10. The van der Waals surface area contributed by atoms with Crippen LogP contribution in [0.2, 0.25) is 0 Å². The SMILES string of the molecule is Cc1csc(NC(=O)c2ccc3c(c2)CC(c2ccccc2)OC3=O)n1. The van der Waals surface area contributed by atoms with Gasteiger partial charge in [0.15, 0.2) is 5.13 Å². The summed E-state index contributed by atoms with van der Waals surface area (Å²) in [7, 11) is 0. The van der Waals surface area contributed by atoms with Gasteiger partial charge in [0.25, 0.3) is 5.91 Å². The Morgan fingerprint density at radius 2 is 2.04 bits per heavy atom. The molecule has 6 heteroatoms. The Morgan fingerprint density at radius 3 is 2.77 bits per heavy atom. The maximum atomic E-state index is 12.5. The smallest absolute Gasteiger partial charge is 0.339 e. The Morgan fingerprint density at radius 1 is 1.23 bits per heavy atom. The predicted octanol–water partition coefficient (Wildman–Crippen LogP) is 4.16. The number of benzene rings is 2. The number of nitrogens with one attached hydrogen (secondary N) is 1. The van der Waals surface area contributed by atoms with Gasteiger partial charge < -0.3 is 4.74 Å². The largest absolute Gasteiger partial charge is 0.454 e. The number of rotatable bonds is 3. The number of esters is 1. The average Bonchev–Trinajstić information content (AvgIpc) is 3.06. The van der Waals surface area contributed by atoms with Crippen LogP contribution < -0.4 is 5.32 Å². The number of hydrogen-bond acceptors (Lipinski definition) is 5. The number of thiazole rings is 1. The van der Waals surface area contributed by atoms with Crippen molar-refractivity contribution < 1.29 is 14.3 Å². The number of aryl methyl sites for hydroxylation is 1. The first-order valence-electron chi connectivity index (χ1n) is 8.22. The van der Waals surface area contributed by atoms with Gasteiger partial charge in [0, 0.05) is 17.4 Å². The monoisotopic (exact) mass is 364 g/mol. The molecule has 1 amide bonds. The molecular weight excluding hydrogens is 348 g/mol. The molecule has 1 atom stereocenters. The van der Waals surface area contributed by atoms with E-state index >= 15 is 0 Å². The zero-order chi connectivity index (χ0) is 18.1. The topological polar surface area (TPSA) is 68.3 Å². The second-order valence-corrected chi connectivity index (χ2v) is 6.99. The molecule has 0 fully saturated rings. The first-order chi connectivity index (χ1) is 12.6. The van der Waals surface area contributed by atoms with Crippen LogP contribution in [-0.2, 0) is 11.2 Å². The summed E-state index contributed by atoms with van der Waals surface area (Å²) in [5.74, 6) is -0.597. The molecule has 2 aromatic carbocycles. The molecule has 1 aliphatic rings. The van der Waals surface area contributed by atoms with Crippen molar-refractivity contribution in [2.45, 2.75) is 19.4 Å². The highest BCUT2D eigenvalue weighted by Gasteiger charge is 2.28. The van der Waals surface area contributed by atoms with Crippen LogP contribution in [0.5, 0.6) is 0 Å². The van der Waals surface area contributed by atoms with Gasteiger partial charge >= 0.3 is 5.97 Å². The van der Waals surface area contributed by atoms with E-state index < -0.39 is 0 Å². The molecule has 0 bridgehead atoms. The summed E-state index contributed by atoms with van der Waals surface area (Å²) in [6.07, 6.45) is 0.207. The third-order valence-corrected chi connectivity index (χ3v) is 5.13. The molecule has 1 N–H and O–H groups in total. The Balaban J connectivity index is 1.59. The minimum absolute atomic E-state index is 0.239. The van der Waals surface area contributed by atoms with Gasteiger partial charge in [-0.25, -0.2) is 9.78 Å². The van der Waals surface area contributed by atoms with E-state index in [4.69, 9.17) is 4.74 Å². The van der Waals surface area contributed by atoms with Crippen LogP contribution in [0.25, 0.3) is 0 Å². The number of ether oxygens (including phenoxy) is 1. The number of hydrogen-bond donors (Lipinski definition) is 1. The summed E-state index contributed by atoms with van der Waals surface area (Å²) in [5.41, 5.74) is 3.64. The van der Waals surface area contributed by atoms with Crippen LogP contribution >= 0.6 is 11.3 Å². The van der Waals surface area contributed by atoms with Gasteiger partial charge in [-0.2, -0.15) is 0 Å². The lowest BCUT2D eigenvalue weighted by atomic mass is 9.93. The van der Waals surface area contributed by atoms with Gasteiger partial charge in [-0.05, 0) is 36.2 Å². The summed E-state index contributed by atoms with van der Waals surface area (Å²) in [6, 6.07) is 14.7. The molecule has 0 aliphatic carbocycles. The van der Waals surface area contributed by atoms with Crippen molar-refractivity contribution in [2.75, 3.05) is 5.32 Å². The van der Waals surface area contributed by atoms with Gasteiger partial charge in [-0.15, -0.1) is 11.3 Å². The van der Waals surface area contributed by atoms with Crippen LogP contribution in [0, 0.1) is 6.92 Å². The molecule has 2 heterocycles. The second kappa shape index (κ2) is 6.72. The van der Waals surface area contributed by atoms with Crippen LogP contribution in [0.4, 0.5) is 5.13 Å². The fraction of sp³-hybridized carbons (Fsp3) is 0.150. The van der Waals surface area contributed by atoms with Crippen molar-refractivity contribution in [1.82, 2.24) is 4.98 Å². The Bertz CT molecular complexity index is 982. The fourth-order valence-electron chi connectivity index (χ4n) is 2.97. The number of aromatic nitrogens is 1. The molecule has 1 unspecified atom stereocenters. The van der Waals surface area contributed by atoms with E-state index in [1.54, 1.807) is 18.2 Å². The summed E-state index contributed by atoms with van der Waals surface area (Å²) >= 11 is 1.38. The minimum atomic E-state index is -0.359. The molecule has 1 aliphatic heterocycles. The Kier molecular flexibility index (Phi) is 4.26. The predicted molar refractivity (Wildman–Crippen MR) is 99.5 cm³/mol. The number of fused-ring (bicyclic) bond motifs is 1. The van der Waals surface area contributed by atoms with Gasteiger partial charge in [0.1, 0.15) is 6.10 Å². The van der Waals surface area contributed by atoms with Crippen LogP contribution in [0.3, 0.4) is 0 Å². The van der Waals surface area contributed by atoms with Crippen molar-refractivity contribution in [1.29, 1.82) is 0 Å². The standard InChI is InChI=1S/C20H16N2O3S/c1-12-11-26-20(21-12)22-18(23)14-7-8-16-15(9-14)10-17(25-19(16)24)13-5-3-2-4-6-13/h2-9,11,17H,10H2,1H3,(H,21,22,23). The summed E-state index contributed by atoms with van der Waals surface area (Å²) in [6.45, 7) is 1.88. The van der Waals surface area contributed by atoms with Crippen LogP contribution in [0.1, 0.15) is 43.6 Å². The van der Waals surface area contributed by atoms with E-state index in [1.807, 2.05) is 42.6 Å². The molecule has 0 spiro atoms. The summed E-state index contributed by atoms with van der Waals surface area (Å²) < 4.78 is 5.55. The van der Waals surface area contributed by atoms with Crippen molar-refractivity contribution in [3.8, 4) is 0 Å². The highest BCUT2D eigenvalue weighted by molar-refractivity contribution is 7.13. The third kappa shape index (κ3) is 3.23. The Labute approximate surface area is 154 Å². The van der Waals surface area contributed by atoms with Crippen LogP contribution in [-0.4, -0.2) is 16.9 Å². The average molecular weight is 364 g/mol.